The molecule has 0 radical (unpaired) electrons. The lowest BCUT2D eigenvalue weighted by molar-refractivity contribution is 0.0469. The summed E-state index contributed by atoms with van der Waals surface area (Å²) in [6.45, 7) is 0.00373. The van der Waals surface area contributed by atoms with Gasteiger partial charge in [-0.05, 0) is 48.0 Å². The van der Waals surface area contributed by atoms with Crippen LogP contribution in [0.1, 0.15) is 42.2 Å². The molecule has 0 heterocycles. The van der Waals surface area contributed by atoms with Crippen molar-refractivity contribution in [3.63, 3.8) is 0 Å². The van der Waals surface area contributed by atoms with Crippen LogP contribution >= 0.6 is 11.6 Å². The van der Waals surface area contributed by atoms with E-state index in [-0.39, 0.29) is 23.5 Å². The molecule has 0 fully saturated rings. The van der Waals surface area contributed by atoms with Gasteiger partial charge in [-0.25, -0.2) is 9.59 Å². The van der Waals surface area contributed by atoms with Gasteiger partial charge in [-0.1, -0.05) is 41.9 Å². The molecule has 3 aromatic rings. The summed E-state index contributed by atoms with van der Waals surface area (Å²) in [7, 11) is 1.31. The average molecular weight is 409 g/mol. The molecular formula is C23H17ClO5. The smallest absolute Gasteiger partial charge is 0.339 e. The summed E-state index contributed by atoms with van der Waals surface area (Å²) in [6, 6.07) is 19.5. The van der Waals surface area contributed by atoms with Crippen LogP contribution in [0, 0.1) is 0 Å². The highest BCUT2D eigenvalue weighted by atomic mass is 35.5. The summed E-state index contributed by atoms with van der Waals surface area (Å²) in [5, 5.41) is 0.521. The summed E-state index contributed by atoms with van der Waals surface area (Å²) in [6.07, 6.45) is 0. The Morgan fingerprint density at radius 2 is 1.34 bits per heavy atom. The summed E-state index contributed by atoms with van der Waals surface area (Å²) in [5.41, 5.74) is 1.96. The number of methoxy groups -OCH3 is 1. The standard InChI is InChI=1S/C23H17ClO5/c1-28-22(26)17-8-6-15(7-9-17)14-29-23(27)20-5-3-2-4-19(20)21(25)16-10-12-18(24)13-11-16/h2-13H,14H2,1H3. The number of carbonyl (C=O) groups is 3. The topological polar surface area (TPSA) is 69.7 Å². The minimum atomic E-state index is -0.611. The van der Waals surface area contributed by atoms with E-state index in [1.165, 1.54) is 7.11 Å². The number of ketones is 1. The van der Waals surface area contributed by atoms with Crippen LogP contribution in [0.5, 0.6) is 0 Å². The predicted molar refractivity (Wildman–Crippen MR) is 108 cm³/mol. The molecular weight excluding hydrogens is 392 g/mol. The second-order valence-electron chi connectivity index (χ2n) is 6.15. The summed E-state index contributed by atoms with van der Waals surface area (Å²) in [4.78, 5) is 36.8. The maximum Gasteiger partial charge on any atom is 0.339 e. The van der Waals surface area contributed by atoms with Gasteiger partial charge in [0.15, 0.2) is 5.78 Å². The molecule has 6 heteroatoms. The molecule has 5 nitrogen and oxygen atoms in total. The van der Waals surface area contributed by atoms with Gasteiger partial charge in [-0.15, -0.1) is 0 Å². The monoisotopic (exact) mass is 408 g/mol. The molecule has 0 bridgehead atoms. The van der Waals surface area contributed by atoms with Crippen LogP contribution in [-0.2, 0) is 16.1 Å². The second-order valence-corrected chi connectivity index (χ2v) is 6.58. The minimum absolute atomic E-state index is 0.00373. The number of carbonyl (C=O) groups excluding carboxylic acids is 3. The molecule has 29 heavy (non-hydrogen) atoms. The highest BCUT2D eigenvalue weighted by Gasteiger charge is 2.19. The third-order valence-corrected chi connectivity index (χ3v) is 4.49. The Morgan fingerprint density at radius 1 is 0.759 bits per heavy atom. The van der Waals surface area contributed by atoms with Crippen molar-refractivity contribution in [2.45, 2.75) is 6.61 Å². The highest BCUT2D eigenvalue weighted by Crippen LogP contribution is 2.18. The van der Waals surface area contributed by atoms with E-state index in [0.29, 0.717) is 21.7 Å². The largest absolute Gasteiger partial charge is 0.465 e. The fourth-order valence-electron chi connectivity index (χ4n) is 2.70. The van der Waals surface area contributed by atoms with Gasteiger partial charge in [0, 0.05) is 16.1 Å². The molecule has 3 rings (SSSR count). The molecule has 146 valence electrons. The lowest BCUT2D eigenvalue weighted by atomic mass is 9.98. The Labute approximate surface area is 172 Å². The Kier molecular flexibility index (Phi) is 6.42. The van der Waals surface area contributed by atoms with Crippen LogP contribution in [0.25, 0.3) is 0 Å². The van der Waals surface area contributed by atoms with E-state index in [1.54, 1.807) is 72.8 Å². The maximum absolute atomic E-state index is 12.8. The fourth-order valence-corrected chi connectivity index (χ4v) is 2.82. The van der Waals surface area contributed by atoms with Gasteiger partial charge in [-0.2, -0.15) is 0 Å². The van der Waals surface area contributed by atoms with Gasteiger partial charge < -0.3 is 9.47 Å². The van der Waals surface area contributed by atoms with Crippen LogP contribution < -0.4 is 0 Å². The van der Waals surface area contributed by atoms with Gasteiger partial charge in [-0.3, -0.25) is 4.79 Å². The molecule has 0 N–H and O–H groups in total. The summed E-state index contributed by atoms with van der Waals surface area (Å²) < 4.78 is 10.0. The Balaban J connectivity index is 1.74. The maximum atomic E-state index is 12.8. The molecule has 0 saturated carbocycles. The highest BCUT2D eigenvalue weighted by molar-refractivity contribution is 6.30. The van der Waals surface area contributed by atoms with Crippen molar-refractivity contribution >= 4 is 29.3 Å². The third-order valence-electron chi connectivity index (χ3n) is 4.24. The van der Waals surface area contributed by atoms with Crippen molar-refractivity contribution in [3.05, 3.63) is 106 Å². The SMILES string of the molecule is COC(=O)c1ccc(COC(=O)c2ccccc2C(=O)c2ccc(Cl)cc2)cc1. The molecule has 0 saturated heterocycles. The Hall–Kier alpha value is -3.44. The van der Waals surface area contributed by atoms with Gasteiger partial charge in [0.1, 0.15) is 6.61 Å². The van der Waals surface area contributed by atoms with E-state index in [2.05, 4.69) is 4.74 Å². The first-order valence-corrected chi connectivity index (χ1v) is 9.11. The van der Waals surface area contributed by atoms with E-state index in [0.717, 1.165) is 0 Å². The van der Waals surface area contributed by atoms with Crippen molar-refractivity contribution in [2.75, 3.05) is 7.11 Å². The van der Waals surface area contributed by atoms with E-state index in [9.17, 15) is 14.4 Å². The molecule has 0 unspecified atom stereocenters. The van der Waals surface area contributed by atoms with E-state index >= 15 is 0 Å². The van der Waals surface area contributed by atoms with Gasteiger partial charge >= 0.3 is 11.9 Å². The number of hydrogen-bond donors (Lipinski definition) is 0. The quantitative estimate of drug-likeness (QED) is 0.436. The lowest BCUT2D eigenvalue weighted by Crippen LogP contribution is -2.12. The predicted octanol–water partition coefficient (Wildman–Crippen LogP) is 4.71. The molecule has 0 atom stereocenters. The van der Waals surface area contributed by atoms with E-state index in [1.807, 2.05) is 0 Å². The normalized spacial score (nSPS) is 10.3. The summed E-state index contributed by atoms with van der Waals surface area (Å²) in [5.74, 6) is -1.35. The van der Waals surface area contributed by atoms with Crippen molar-refractivity contribution in [3.8, 4) is 0 Å². The number of ether oxygens (including phenoxy) is 2. The molecule has 0 aromatic heterocycles. The van der Waals surface area contributed by atoms with Crippen LogP contribution in [0.15, 0.2) is 72.8 Å². The average Bonchev–Trinajstić information content (AvgIpc) is 2.77. The molecule has 3 aromatic carbocycles. The van der Waals surface area contributed by atoms with E-state index < -0.39 is 11.9 Å². The van der Waals surface area contributed by atoms with Gasteiger partial charge in [0.2, 0.25) is 0 Å². The Morgan fingerprint density at radius 3 is 1.97 bits per heavy atom. The van der Waals surface area contributed by atoms with Crippen LogP contribution in [0.4, 0.5) is 0 Å². The zero-order valence-electron chi connectivity index (χ0n) is 15.6. The molecule has 0 aliphatic carbocycles. The van der Waals surface area contributed by atoms with E-state index in [4.69, 9.17) is 16.3 Å². The van der Waals surface area contributed by atoms with Crippen LogP contribution in [-0.4, -0.2) is 24.8 Å². The molecule has 0 spiro atoms. The number of halogens is 1. The van der Waals surface area contributed by atoms with Crippen molar-refractivity contribution < 1.29 is 23.9 Å². The molecule has 0 aliphatic heterocycles. The first kappa shape index (κ1) is 20.3. The van der Waals surface area contributed by atoms with Crippen LogP contribution in [0.3, 0.4) is 0 Å². The fraction of sp³-hybridized carbons (Fsp3) is 0.0870. The molecule has 0 amide bonds. The zero-order valence-corrected chi connectivity index (χ0v) is 16.3. The van der Waals surface area contributed by atoms with Crippen LogP contribution in [0.2, 0.25) is 5.02 Å². The number of benzene rings is 3. The third kappa shape index (κ3) is 4.89. The zero-order chi connectivity index (χ0) is 20.8. The second kappa shape index (κ2) is 9.17. The van der Waals surface area contributed by atoms with Crippen molar-refractivity contribution in [1.29, 1.82) is 0 Å². The van der Waals surface area contributed by atoms with Crippen molar-refractivity contribution in [2.24, 2.45) is 0 Å². The van der Waals surface area contributed by atoms with Crippen molar-refractivity contribution in [1.82, 2.24) is 0 Å². The first-order valence-electron chi connectivity index (χ1n) is 8.73. The summed E-state index contributed by atoms with van der Waals surface area (Å²) >= 11 is 5.87. The number of rotatable bonds is 6. The Bertz CT molecular complexity index is 1040. The first-order chi connectivity index (χ1) is 14.0. The van der Waals surface area contributed by atoms with Gasteiger partial charge in [0.05, 0.1) is 18.2 Å². The number of esters is 2. The molecule has 0 aliphatic rings. The van der Waals surface area contributed by atoms with Gasteiger partial charge in [0.25, 0.3) is 0 Å². The lowest BCUT2D eigenvalue weighted by Gasteiger charge is -2.10. The minimum Gasteiger partial charge on any atom is -0.465 e. The number of hydrogen-bond acceptors (Lipinski definition) is 5.